The molecule has 0 saturated heterocycles. The zero-order valence-electron chi connectivity index (χ0n) is 17.4. The molecule has 168 valence electrons. The topological polar surface area (TPSA) is 82.6 Å². The molecule has 11 heteroatoms. The number of amides is 1. The molecular formula is C22H18F3N7O. The summed E-state index contributed by atoms with van der Waals surface area (Å²) in [4.78, 5) is 16.6. The number of rotatable bonds is 5. The van der Waals surface area contributed by atoms with Crippen molar-refractivity contribution in [3.63, 3.8) is 0 Å². The molecule has 0 aliphatic carbocycles. The molecule has 2 aromatic carbocycles. The molecule has 1 amide bonds. The first-order chi connectivity index (χ1) is 15.8. The molecule has 3 heterocycles. The van der Waals surface area contributed by atoms with Crippen molar-refractivity contribution in [1.29, 1.82) is 0 Å². The van der Waals surface area contributed by atoms with Gasteiger partial charge in [0.05, 0.1) is 17.4 Å². The Morgan fingerprint density at radius 3 is 2.61 bits per heavy atom. The molecule has 0 radical (unpaired) electrons. The van der Waals surface area contributed by atoms with E-state index >= 15 is 0 Å². The standard InChI is InChI=1S/C22H18F3N7O/c1-30-21-19(28-29-30)17-12-14(20(33)27-9-11-31-10-8-26-13-31)2-7-18(17)32(21)16-5-3-15(4-6-16)22(23,24)25/h2-8,10,12-13H,9,11H2,1H3,(H,27,33). The lowest BCUT2D eigenvalue weighted by molar-refractivity contribution is -0.137. The highest BCUT2D eigenvalue weighted by Gasteiger charge is 2.30. The minimum absolute atomic E-state index is 0.240. The third-order valence-corrected chi connectivity index (χ3v) is 5.43. The minimum atomic E-state index is -4.42. The van der Waals surface area contributed by atoms with Crippen LogP contribution in [0, 0.1) is 0 Å². The number of nitrogens with one attached hydrogen (secondary N) is 1. The van der Waals surface area contributed by atoms with E-state index in [0.29, 0.717) is 46.4 Å². The molecule has 0 bridgehead atoms. The van der Waals surface area contributed by atoms with Crippen molar-refractivity contribution in [2.75, 3.05) is 6.54 Å². The third kappa shape index (κ3) is 3.71. The van der Waals surface area contributed by atoms with Crippen molar-refractivity contribution < 1.29 is 18.0 Å². The van der Waals surface area contributed by atoms with E-state index in [1.54, 1.807) is 47.0 Å². The molecule has 5 aromatic rings. The average Bonchev–Trinajstić information content (AvgIpc) is 3.51. The van der Waals surface area contributed by atoms with Gasteiger partial charge in [-0.2, -0.15) is 13.2 Å². The van der Waals surface area contributed by atoms with E-state index in [4.69, 9.17) is 0 Å². The molecule has 8 nitrogen and oxygen atoms in total. The Morgan fingerprint density at radius 2 is 1.91 bits per heavy atom. The van der Waals surface area contributed by atoms with Gasteiger partial charge < -0.3 is 9.88 Å². The second-order valence-corrected chi connectivity index (χ2v) is 7.55. The van der Waals surface area contributed by atoms with Crippen LogP contribution in [-0.4, -0.2) is 41.6 Å². The van der Waals surface area contributed by atoms with Crippen LogP contribution in [-0.2, 0) is 19.8 Å². The van der Waals surface area contributed by atoms with Gasteiger partial charge in [0.1, 0.15) is 5.52 Å². The van der Waals surface area contributed by atoms with Crippen LogP contribution in [0.5, 0.6) is 0 Å². The number of hydrogen-bond acceptors (Lipinski definition) is 4. The number of hydrogen-bond donors (Lipinski definition) is 1. The fourth-order valence-corrected chi connectivity index (χ4v) is 3.83. The predicted molar refractivity (Wildman–Crippen MR) is 115 cm³/mol. The molecule has 0 atom stereocenters. The number of alkyl halides is 3. The summed E-state index contributed by atoms with van der Waals surface area (Å²) in [5.74, 6) is -0.240. The van der Waals surface area contributed by atoms with Crippen LogP contribution in [0.25, 0.3) is 27.8 Å². The van der Waals surface area contributed by atoms with Gasteiger partial charge in [-0.15, -0.1) is 5.10 Å². The van der Waals surface area contributed by atoms with Crippen molar-refractivity contribution in [3.05, 3.63) is 72.3 Å². The fourth-order valence-electron chi connectivity index (χ4n) is 3.83. The van der Waals surface area contributed by atoms with Crippen LogP contribution in [0.2, 0.25) is 0 Å². The van der Waals surface area contributed by atoms with Gasteiger partial charge in [0.15, 0.2) is 5.65 Å². The van der Waals surface area contributed by atoms with Crippen LogP contribution in [0.4, 0.5) is 13.2 Å². The number of fused-ring (bicyclic) bond motifs is 3. The second kappa shape index (κ2) is 7.76. The van der Waals surface area contributed by atoms with E-state index < -0.39 is 11.7 Å². The van der Waals surface area contributed by atoms with Gasteiger partial charge in [-0.1, -0.05) is 5.21 Å². The molecule has 0 spiro atoms. The number of nitrogens with zero attached hydrogens (tertiary/aromatic N) is 6. The molecule has 33 heavy (non-hydrogen) atoms. The Bertz CT molecular complexity index is 1450. The largest absolute Gasteiger partial charge is 0.416 e. The number of carbonyl (C=O) groups is 1. The Labute approximate surface area is 185 Å². The summed E-state index contributed by atoms with van der Waals surface area (Å²) in [7, 11) is 1.71. The summed E-state index contributed by atoms with van der Waals surface area (Å²) in [5.41, 5.74) is 2.14. The van der Waals surface area contributed by atoms with Crippen molar-refractivity contribution in [1.82, 2.24) is 34.4 Å². The van der Waals surface area contributed by atoms with Gasteiger partial charge in [-0.05, 0) is 42.5 Å². The van der Waals surface area contributed by atoms with Gasteiger partial charge >= 0.3 is 6.18 Å². The summed E-state index contributed by atoms with van der Waals surface area (Å²) in [6, 6.07) is 10.1. The van der Waals surface area contributed by atoms with E-state index in [-0.39, 0.29) is 5.91 Å². The van der Waals surface area contributed by atoms with E-state index in [2.05, 4.69) is 20.6 Å². The molecule has 0 saturated carbocycles. The highest BCUT2D eigenvalue weighted by molar-refractivity contribution is 6.09. The van der Waals surface area contributed by atoms with Crippen LogP contribution >= 0.6 is 0 Å². The van der Waals surface area contributed by atoms with Gasteiger partial charge in [-0.3, -0.25) is 9.36 Å². The Balaban J connectivity index is 1.51. The minimum Gasteiger partial charge on any atom is -0.350 e. The molecule has 0 unspecified atom stereocenters. The summed E-state index contributed by atoms with van der Waals surface area (Å²) >= 11 is 0. The Hall–Kier alpha value is -4.15. The maximum absolute atomic E-state index is 13.0. The normalized spacial score (nSPS) is 12.0. The first kappa shape index (κ1) is 20.7. The molecule has 3 aromatic heterocycles. The summed E-state index contributed by atoms with van der Waals surface area (Å²) in [6.07, 6.45) is 0.740. The molecule has 0 aliphatic rings. The lowest BCUT2D eigenvalue weighted by Gasteiger charge is -2.11. The van der Waals surface area contributed by atoms with Gasteiger partial charge in [-0.25, -0.2) is 9.67 Å². The number of benzene rings is 2. The molecule has 0 fully saturated rings. The number of imidazole rings is 1. The molecular weight excluding hydrogens is 435 g/mol. The van der Waals surface area contributed by atoms with E-state index in [1.165, 1.54) is 12.1 Å². The highest BCUT2D eigenvalue weighted by atomic mass is 19.4. The number of halogens is 3. The monoisotopic (exact) mass is 453 g/mol. The summed E-state index contributed by atoms with van der Waals surface area (Å²) < 4.78 is 44.2. The smallest absolute Gasteiger partial charge is 0.350 e. The predicted octanol–water partition coefficient (Wildman–Crippen LogP) is 3.56. The molecule has 5 rings (SSSR count). The van der Waals surface area contributed by atoms with Crippen LogP contribution in [0.15, 0.2) is 61.2 Å². The number of aryl methyl sites for hydroxylation is 1. The Kier molecular flexibility index (Phi) is 4.88. The molecule has 0 aliphatic heterocycles. The van der Waals surface area contributed by atoms with Gasteiger partial charge in [0.2, 0.25) is 0 Å². The first-order valence-electron chi connectivity index (χ1n) is 10.1. The highest BCUT2D eigenvalue weighted by Crippen LogP contribution is 2.33. The second-order valence-electron chi connectivity index (χ2n) is 7.55. The maximum atomic E-state index is 13.0. The van der Waals surface area contributed by atoms with E-state index in [1.807, 2.05) is 10.8 Å². The van der Waals surface area contributed by atoms with E-state index in [9.17, 15) is 18.0 Å². The zero-order chi connectivity index (χ0) is 23.2. The number of aromatic nitrogens is 6. The number of carbonyl (C=O) groups excluding carboxylic acids is 1. The van der Waals surface area contributed by atoms with Gasteiger partial charge in [0.25, 0.3) is 5.91 Å². The fraction of sp³-hybridized carbons (Fsp3) is 0.182. The lowest BCUT2D eigenvalue weighted by Crippen LogP contribution is -2.26. The van der Waals surface area contributed by atoms with E-state index in [0.717, 1.165) is 12.1 Å². The summed E-state index contributed by atoms with van der Waals surface area (Å²) in [6.45, 7) is 1.02. The lowest BCUT2D eigenvalue weighted by atomic mass is 10.1. The van der Waals surface area contributed by atoms with Crippen LogP contribution in [0.3, 0.4) is 0 Å². The zero-order valence-corrected chi connectivity index (χ0v) is 17.4. The first-order valence-corrected chi connectivity index (χ1v) is 10.1. The van der Waals surface area contributed by atoms with Gasteiger partial charge in [0, 0.05) is 49.2 Å². The van der Waals surface area contributed by atoms with Crippen LogP contribution in [0.1, 0.15) is 15.9 Å². The van der Waals surface area contributed by atoms with Crippen molar-refractivity contribution in [2.24, 2.45) is 7.05 Å². The van der Waals surface area contributed by atoms with Crippen molar-refractivity contribution in [3.8, 4) is 5.69 Å². The van der Waals surface area contributed by atoms with Crippen molar-refractivity contribution in [2.45, 2.75) is 12.7 Å². The average molecular weight is 453 g/mol. The van der Waals surface area contributed by atoms with Crippen LogP contribution < -0.4 is 5.32 Å². The SMILES string of the molecule is Cn1nnc2c3cc(C(=O)NCCn4ccnc4)ccc3n(-c3ccc(C(F)(F)F)cc3)c21. The Morgan fingerprint density at radius 1 is 1.12 bits per heavy atom. The third-order valence-electron chi connectivity index (χ3n) is 5.43. The maximum Gasteiger partial charge on any atom is 0.416 e. The molecule has 1 N–H and O–H groups in total. The summed E-state index contributed by atoms with van der Waals surface area (Å²) in [5, 5.41) is 11.8. The van der Waals surface area contributed by atoms with Crippen molar-refractivity contribution >= 4 is 28.0 Å². The quantitative estimate of drug-likeness (QED) is 0.441.